The Morgan fingerprint density at radius 3 is 2.88 bits per heavy atom. The van der Waals surface area contributed by atoms with Gasteiger partial charge in [0.2, 0.25) is 0 Å². The van der Waals surface area contributed by atoms with Gasteiger partial charge in [-0.2, -0.15) is 0 Å². The van der Waals surface area contributed by atoms with Crippen LogP contribution in [-0.4, -0.2) is 29.0 Å². The highest BCUT2D eigenvalue weighted by molar-refractivity contribution is 7.09. The van der Waals surface area contributed by atoms with E-state index in [2.05, 4.69) is 34.4 Å². The Morgan fingerprint density at radius 2 is 2.19 bits per heavy atom. The summed E-state index contributed by atoms with van der Waals surface area (Å²) >= 11 is 1.77. The Morgan fingerprint density at radius 1 is 1.44 bits per heavy atom. The molecule has 0 unspecified atom stereocenters. The highest BCUT2D eigenvalue weighted by Crippen LogP contribution is 2.15. The lowest BCUT2D eigenvalue weighted by Gasteiger charge is -2.11. The van der Waals surface area contributed by atoms with Gasteiger partial charge < -0.3 is 5.32 Å². The van der Waals surface area contributed by atoms with Crippen LogP contribution in [0.3, 0.4) is 0 Å². The molecule has 1 aromatic heterocycles. The average molecular weight is 239 g/mol. The van der Waals surface area contributed by atoms with Crippen molar-refractivity contribution in [2.75, 3.05) is 13.1 Å². The Balaban J connectivity index is 1.81. The summed E-state index contributed by atoms with van der Waals surface area (Å²) in [5.41, 5.74) is 1.24. The molecular formula is C12H21N3S. The molecule has 4 heteroatoms. The van der Waals surface area contributed by atoms with Crippen LogP contribution in [0.4, 0.5) is 0 Å². The lowest BCUT2D eigenvalue weighted by Crippen LogP contribution is -2.22. The van der Waals surface area contributed by atoms with Crippen molar-refractivity contribution in [1.29, 1.82) is 0 Å². The van der Waals surface area contributed by atoms with Crippen molar-refractivity contribution in [2.45, 2.75) is 45.8 Å². The van der Waals surface area contributed by atoms with Crippen LogP contribution in [0, 0.1) is 0 Å². The summed E-state index contributed by atoms with van der Waals surface area (Å²) < 4.78 is 0. The zero-order valence-corrected chi connectivity index (χ0v) is 11.0. The SMILES string of the molecule is CC(C)NCc1nc(CN2CCCC2)cs1. The maximum Gasteiger partial charge on any atom is 0.107 e. The molecule has 1 saturated heterocycles. The normalized spacial score (nSPS) is 17.4. The minimum atomic E-state index is 0.533. The van der Waals surface area contributed by atoms with Gasteiger partial charge in [-0.25, -0.2) is 4.98 Å². The van der Waals surface area contributed by atoms with Crippen molar-refractivity contribution < 1.29 is 0 Å². The third kappa shape index (κ3) is 3.54. The number of hydrogen-bond donors (Lipinski definition) is 1. The first-order chi connectivity index (χ1) is 7.74. The van der Waals surface area contributed by atoms with Gasteiger partial charge in [0.1, 0.15) is 5.01 Å². The van der Waals surface area contributed by atoms with Crippen LogP contribution < -0.4 is 5.32 Å². The zero-order valence-electron chi connectivity index (χ0n) is 10.2. The van der Waals surface area contributed by atoms with Crippen molar-refractivity contribution in [3.63, 3.8) is 0 Å². The fourth-order valence-corrected chi connectivity index (χ4v) is 2.70. The first-order valence-corrected chi connectivity index (χ1v) is 7.01. The Kier molecular flexibility index (Phi) is 4.32. The Bertz CT molecular complexity index is 316. The monoisotopic (exact) mass is 239 g/mol. The van der Waals surface area contributed by atoms with E-state index >= 15 is 0 Å². The molecule has 0 spiro atoms. The van der Waals surface area contributed by atoms with E-state index in [-0.39, 0.29) is 0 Å². The molecule has 1 aromatic rings. The molecule has 0 aromatic carbocycles. The minimum absolute atomic E-state index is 0.533. The summed E-state index contributed by atoms with van der Waals surface area (Å²) in [5.74, 6) is 0. The van der Waals surface area contributed by atoms with Crippen molar-refractivity contribution in [3.8, 4) is 0 Å². The van der Waals surface area contributed by atoms with E-state index in [0.29, 0.717) is 6.04 Å². The first-order valence-electron chi connectivity index (χ1n) is 6.13. The molecule has 0 bridgehead atoms. The third-order valence-corrected chi connectivity index (χ3v) is 3.74. The lowest BCUT2D eigenvalue weighted by atomic mass is 10.4. The number of hydrogen-bond acceptors (Lipinski definition) is 4. The molecular weight excluding hydrogens is 218 g/mol. The summed E-state index contributed by atoms with van der Waals surface area (Å²) in [5, 5.41) is 6.82. The molecule has 16 heavy (non-hydrogen) atoms. The largest absolute Gasteiger partial charge is 0.308 e. The molecule has 1 N–H and O–H groups in total. The molecule has 1 aliphatic heterocycles. The minimum Gasteiger partial charge on any atom is -0.308 e. The lowest BCUT2D eigenvalue weighted by molar-refractivity contribution is 0.327. The Labute approximate surface area is 102 Å². The molecule has 0 amide bonds. The van der Waals surface area contributed by atoms with Crippen LogP contribution in [0.15, 0.2) is 5.38 Å². The van der Waals surface area contributed by atoms with Gasteiger partial charge in [-0.3, -0.25) is 4.90 Å². The van der Waals surface area contributed by atoms with Crippen LogP contribution >= 0.6 is 11.3 Å². The van der Waals surface area contributed by atoms with Gasteiger partial charge in [-0.15, -0.1) is 11.3 Å². The van der Waals surface area contributed by atoms with Crippen molar-refractivity contribution in [3.05, 3.63) is 16.1 Å². The van der Waals surface area contributed by atoms with Gasteiger partial charge in [-0.1, -0.05) is 13.8 Å². The van der Waals surface area contributed by atoms with Crippen LogP contribution in [-0.2, 0) is 13.1 Å². The van der Waals surface area contributed by atoms with E-state index in [0.717, 1.165) is 13.1 Å². The summed E-state index contributed by atoms with van der Waals surface area (Å²) in [7, 11) is 0. The summed E-state index contributed by atoms with van der Waals surface area (Å²) in [6.45, 7) is 8.77. The highest BCUT2D eigenvalue weighted by Gasteiger charge is 2.13. The zero-order chi connectivity index (χ0) is 11.4. The molecule has 3 nitrogen and oxygen atoms in total. The fraction of sp³-hybridized carbons (Fsp3) is 0.750. The Hall–Kier alpha value is -0.450. The second kappa shape index (κ2) is 5.75. The second-order valence-corrected chi connectivity index (χ2v) is 5.69. The van der Waals surface area contributed by atoms with Crippen LogP contribution in [0.1, 0.15) is 37.4 Å². The molecule has 1 fully saturated rings. The second-order valence-electron chi connectivity index (χ2n) is 4.75. The number of likely N-dealkylation sites (tertiary alicyclic amines) is 1. The fourth-order valence-electron chi connectivity index (χ4n) is 1.96. The van der Waals surface area contributed by atoms with Gasteiger partial charge in [0, 0.05) is 24.5 Å². The number of aromatic nitrogens is 1. The molecule has 0 saturated carbocycles. The molecule has 0 aliphatic carbocycles. The molecule has 2 rings (SSSR count). The van der Waals surface area contributed by atoms with Gasteiger partial charge in [0.05, 0.1) is 5.69 Å². The predicted molar refractivity (Wildman–Crippen MR) is 68.6 cm³/mol. The molecule has 1 aliphatic rings. The van der Waals surface area contributed by atoms with Crippen LogP contribution in [0.2, 0.25) is 0 Å². The van der Waals surface area contributed by atoms with E-state index < -0.39 is 0 Å². The molecule has 0 radical (unpaired) electrons. The van der Waals surface area contributed by atoms with E-state index in [4.69, 9.17) is 0 Å². The maximum absolute atomic E-state index is 4.66. The molecule has 2 heterocycles. The predicted octanol–water partition coefficient (Wildman–Crippen LogP) is 2.24. The standard InChI is InChI=1S/C12H21N3S/c1-10(2)13-7-12-14-11(9-16-12)8-15-5-3-4-6-15/h9-10,13H,3-8H2,1-2H3. The van der Waals surface area contributed by atoms with Crippen molar-refractivity contribution in [1.82, 2.24) is 15.2 Å². The molecule has 90 valence electrons. The van der Waals surface area contributed by atoms with E-state index in [9.17, 15) is 0 Å². The van der Waals surface area contributed by atoms with Gasteiger partial charge >= 0.3 is 0 Å². The highest BCUT2D eigenvalue weighted by atomic mass is 32.1. The maximum atomic E-state index is 4.66. The van der Waals surface area contributed by atoms with Crippen LogP contribution in [0.5, 0.6) is 0 Å². The number of nitrogens with zero attached hydrogens (tertiary/aromatic N) is 2. The van der Waals surface area contributed by atoms with E-state index in [1.807, 2.05) is 0 Å². The summed E-state index contributed by atoms with van der Waals surface area (Å²) in [6.07, 6.45) is 2.71. The van der Waals surface area contributed by atoms with Crippen molar-refractivity contribution in [2.24, 2.45) is 0 Å². The summed E-state index contributed by atoms with van der Waals surface area (Å²) in [4.78, 5) is 7.15. The topological polar surface area (TPSA) is 28.2 Å². The third-order valence-electron chi connectivity index (χ3n) is 2.85. The summed E-state index contributed by atoms with van der Waals surface area (Å²) in [6, 6.07) is 0.533. The number of thiazole rings is 1. The number of rotatable bonds is 5. The van der Waals surface area contributed by atoms with Crippen LogP contribution in [0.25, 0.3) is 0 Å². The van der Waals surface area contributed by atoms with E-state index in [1.54, 1.807) is 11.3 Å². The molecule has 0 atom stereocenters. The average Bonchev–Trinajstić information content (AvgIpc) is 2.87. The van der Waals surface area contributed by atoms with Gasteiger partial charge in [0.25, 0.3) is 0 Å². The van der Waals surface area contributed by atoms with E-state index in [1.165, 1.54) is 36.6 Å². The smallest absolute Gasteiger partial charge is 0.107 e. The van der Waals surface area contributed by atoms with Gasteiger partial charge in [-0.05, 0) is 25.9 Å². The van der Waals surface area contributed by atoms with Crippen molar-refractivity contribution >= 4 is 11.3 Å². The number of nitrogens with one attached hydrogen (secondary N) is 1. The first kappa shape index (κ1) is 12.0. The van der Waals surface area contributed by atoms with Gasteiger partial charge in [0.15, 0.2) is 0 Å². The quantitative estimate of drug-likeness (QED) is 0.854.